The molecule has 69 heavy (non-hydrogen) atoms. The molecule has 404 valence electrons. The highest BCUT2D eigenvalue weighted by molar-refractivity contribution is 5.71. The van der Waals surface area contributed by atoms with E-state index in [9.17, 15) is 14.4 Å². The van der Waals surface area contributed by atoms with Gasteiger partial charge >= 0.3 is 17.9 Å². The maximum absolute atomic E-state index is 12.9. The minimum Gasteiger partial charge on any atom is -0.462 e. The molecule has 0 aliphatic rings. The van der Waals surface area contributed by atoms with E-state index in [1.54, 1.807) is 0 Å². The van der Waals surface area contributed by atoms with Gasteiger partial charge in [0.05, 0.1) is 0 Å². The molecule has 0 fully saturated rings. The molecule has 0 heterocycles. The van der Waals surface area contributed by atoms with Crippen molar-refractivity contribution in [2.45, 2.75) is 335 Å². The third-order valence-electron chi connectivity index (χ3n) is 13.6. The molecule has 0 bridgehead atoms. The highest BCUT2D eigenvalue weighted by Crippen LogP contribution is 2.17. The maximum atomic E-state index is 12.9. The van der Waals surface area contributed by atoms with E-state index in [1.165, 1.54) is 212 Å². The summed E-state index contributed by atoms with van der Waals surface area (Å²) >= 11 is 0. The van der Waals surface area contributed by atoms with Crippen molar-refractivity contribution in [2.75, 3.05) is 13.2 Å². The third kappa shape index (κ3) is 56.4. The molecule has 0 unspecified atom stereocenters. The molecule has 0 aromatic heterocycles. The van der Waals surface area contributed by atoms with Crippen LogP contribution in [0.5, 0.6) is 0 Å². The lowest BCUT2D eigenvalue weighted by Gasteiger charge is -2.18. The van der Waals surface area contributed by atoms with Gasteiger partial charge in [0.1, 0.15) is 13.2 Å². The van der Waals surface area contributed by atoms with Crippen molar-refractivity contribution in [3.8, 4) is 0 Å². The average molecular weight is 970 g/mol. The van der Waals surface area contributed by atoms with Crippen molar-refractivity contribution >= 4 is 17.9 Å². The summed E-state index contributed by atoms with van der Waals surface area (Å²) in [5.74, 6) is -0.871. The quantitative estimate of drug-likeness (QED) is 0.0261. The highest BCUT2D eigenvalue weighted by atomic mass is 16.6. The van der Waals surface area contributed by atoms with E-state index in [1.807, 2.05) is 0 Å². The van der Waals surface area contributed by atoms with Crippen LogP contribution in [0, 0.1) is 0 Å². The molecule has 0 aliphatic heterocycles. The number of carbonyl (C=O) groups excluding carboxylic acids is 3. The summed E-state index contributed by atoms with van der Waals surface area (Å²) in [6.45, 7) is 6.64. The van der Waals surface area contributed by atoms with Gasteiger partial charge in [0.2, 0.25) is 0 Å². The van der Waals surface area contributed by atoms with Crippen molar-refractivity contribution in [1.29, 1.82) is 0 Å². The van der Waals surface area contributed by atoms with E-state index < -0.39 is 6.10 Å². The van der Waals surface area contributed by atoms with Crippen LogP contribution in [-0.2, 0) is 28.6 Å². The van der Waals surface area contributed by atoms with Crippen LogP contribution >= 0.6 is 0 Å². The number of hydrogen-bond acceptors (Lipinski definition) is 6. The molecule has 0 aliphatic carbocycles. The van der Waals surface area contributed by atoms with E-state index in [0.29, 0.717) is 19.3 Å². The molecule has 1 atom stereocenters. The zero-order valence-corrected chi connectivity index (χ0v) is 46.3. The number of allylic oxidation sites excluding steroid dienone is 6. The zero-order valence-electron chi connectivity index (χ0n) is 46.3. The summed E-state index contributed by atoms with van der Waals surface area (Å²) in [5.41, 5.74) is 0. The topological polar surface area (TPSA) is 78.9 Å². The summed E-state index contributed by atoms with van der Waals surface area (Å²) in [4.78, 5) is 38.2. The van der Waals surface area contributed by atoms with Gasteiger partial charge < -0.3 is 14.2 Å². The standard InChI is InChI=1S/C63H116O6/c1-4-7-10-13-16-19-22-25-27-29-30-31-32-34-36-39-42-45-48-51-54-57-63(66)69-60(58-67-61(64)55-52-49-46-43-40-37-24-21-18-15-12-9-6-3)59-68-62(65)56-53-50-47-44-41-38-35-33-28-26-23-20-17-14-11-8-5-2/h17,20-21,24,26,28,60H,4-16,18-19,22-23,25,27,29-59H2,1-3H3/b20-17-,24-21-,28-26-/t60-/m0/s1. The van der Waals surface area contributed by atoms with Crippen LogP contribution < -0.4 is 0 Å². The molecular weight excluding hydrogens is 853 g/mol. The monoisotopic (exact) mass is 969 g/mol. The van der Waals surface area contributed by atoms with Gasteiger partial charge in [-0.05, 0) is 77.0 Å². The fraction of sp³-hybridized carbons (Fsp3) is 0.857. The van der Waals surface area contributed by atoms with Crippen LogP contribution in [0.2, 0.25) is 0 Å². The Bertz CT molecular complexity index is 1160. The number of rotatable bonds is 56. The molecule has 0 amide bonds. The van der Waals surface area contributed by atoms with Crippen molar-refractivity contribution in [3.63, 3.8) is 0 Å². The van der Waals surface area contributed by atoms with Crippen molar-refractivity contribution < 1.29 is 28.6 Å². The number of hydrogen-bond donors (Lipinski definition) is 0. The molecule has 0 aromatic carbocycles. The molecule has 0 saturated carbocycles. The fourth-order valence-corrected chi connectivity index (χ4v) is 9.00. The molecule has 0 saturated heterocycles. The second-order valence-corrected chi connectivity index (χ2v) is 20.6. The molecule has 0 aromatic rings. The number of carbonyl (C=O) groups is 3. The zero-order chi connectivity index (χ0) is 50.0. The third-order valence-corrected chi connectivity index (χ3v) is 13.6. The summed E-state index contributed by atoms with van der Waals surface area (Å²) in [6.07, 6.45) is 70.0. The predicted octanol–water partition coefficient (Wildman–Crippen LogP) is 20.4. The van der Waals surface area contributed by atoms with Crippen LogP contribution in [0.3, 0.4) is 0 Å². The van der Waals surface area contributed by atoms with Crippen molar-refractivity contribution in [2.24, 2.45) is 0 Å². The van der Waals surface area contributed by atoms with Gasteiger partial charge in [-0.1, -0.05) is 269 Å². The lowest BCUT2D eigenvalue weighted by molar-refractivity contribution is -0.167. The Morgan fingerprint density at radius 1 is 0.290 bits per heavy atom. The molecule has 0 N–H and O–H groups in total. The Balaban J connectivity index is 4.31. The first-order valence-corrected chi connectivity index (χ1v) is 30.5. The fourth-order valence-electron chi connectivity index (χ4n) is 9.00. The maximum Gasteiger partial charge on any atom is 0.306 e. The highest BCUT2D eigenvalue weighted by Gasteiger charge is 2.19. The predicted molar refractivity (Wildman–Crippen MR) is 298 cm³/mol. The van der Waals surface area contributed by atoms with E-state index in [2.05, 4.69) is 57.2 Å². The average Bonchev–Trinajstić information content (AvgIpc) is 3.35. The Morgan fingerprint density at radius 2 is 0.522 bits per heavy atom. The summed E-state index contributed by atoms with van der Waals surface area (Å²) in [5, 5.41) is 0. The normalized spacial score (nSPS) is 12.2. The lowest BCUT2D eigenvalue weighted by Crippen LogP contribution is -2.30. The van der Waals surface area contributed by atoms with Crippen molar-refractivity contribution in [1.82, 2.24) is 0 Å². The van der Waals surface area contributed by atoms with Crippen molar-refractivity contribution in [3.05, 3.63) is 36.5 Å². The van der Waals surface area contributed by atoms with Gasteiger partial charge in [-0.15, -0.1) is 0 Å². The Hall–Kier alpha value is -2.37. The van der Waals surface area contributed by atoms with Gasteiger partial charge in [0.15, 0.2) is 6.10 Å². The van der Waals surface area contributed by atoms with E-state index in [4.69, 9.17) is 14.2 Å². The SMILES string of the molecule is CCCCC/C=C\C/C=C\CCCCCCCCCC(=O)OC[C@H](COC(=O)CCCCCCC/C=C\CCCCCC)OC(=O)CCCCCCCCCCCCCCCCCCCCCCC. The molecule has 0 spiro atoms. The number of esters is 3. The van der Waals surface area contributed by atoms with Gasteiger partial charge in [-0.25, -0.2) is 0 Å². The van der Waals surface area contributed by atoms with Gasteiger partial charge in [-0.3, -0.25) is 14.4 Å². The minimum atomic E-state index is -0.776. The van der Waals surface area contributed by atoms with E-state index in [0.717, 1.165) is 77.0 Å². The number of ether oxygens (including phenoxy) is 3. The summed E-state index contributed by atoms with van der Waals surface area (Å²) < 4.78 is 16.9. The number of unbranched alkanes of at least 4 members (excludes halogenated alkanes) is 39. The first-order valence-electron chi connectivity index (χ1n) is 30.5. The lowest BCUT2D eigenvalue weighted by atomic mass is 10.0. The van der Waals surface area contributed by atoms with Crippen LogP contribution in [0.1, 0.15) is 329 Å². The summed E-state index contributed by atoms with van der Waals surface area (Å²) in [7, 11) is 0. The summed E-state index contributed by atoms with van der Waals surface area (Å²) in [6, 6.07) is 0. The second-order valence-electron chi connectivity index (χ2n) is 20.6. The molecule has 0 radical (unpaired) electrons. The molecular formula is C63H116O6. The van der Waals surface area contributed by atoms with E-state index >= 15 is 0 Å². The minimum absolute atomic E-state index is 0.0754. The van der Waals surface area contributed by atoms with Gasteiger partial charge in [0.25, 0.3) is 0 Å². The Labute approximate surface area is 429 Å². The van der Waals surface area contributed by atoms with Crippen LogP contribution in [0.15, 0.2) is 36.5 Å². The van der Waals surface area contributed by atoms with Crippen LogP contribution in [0.4, 0.5) is 0 Å². The Kier molecular flexibility index (Phi) is 56.2. The van der Waals surface area contributed by atoms with Gasteiger partial charge in [0, 0.05) is 19.3 Å². The second kappa shape index (κ2) is 58.2. The van der Waals surface area contributed by atoms with Crippen LogP contribution in [-0.4, -0.2) is 37.2 Å². The van der Waals surface area contributed by atoms with E-state index in [-0.39, 0.29) is 31.1 Å². The molecule has 6 heteroatoms. The first-order chi connectivity index (χ1) is 34.0. The Morgan fingerprint density at radius 3 is 0.855 bits per heavy atom. The molecule has 6 nitrogen and oxygen atoms in total. The largest absolute Gasteiger partial charge is 0.462 e. The smallest absolute Gasteiger partial charge is 0.306 e. The molecule has 0 rings (SSSR count). The first kappa shape index (κ1) is 66.6. The van der Waals surface area contributed by atoms with Crippen LogP contribution in [0.25, 0.3) is 0 Å². The van der Waals surface area contributed by atoms with Gasteiger partial charge in [-0.2, -0.15) is 0 Å².